The van der Waals surface area contributed by atoms with Gasteiger partial charge in [0.1, 0.15) is 0 Å². The molecule has 0 atom stereocenters. The maximum Gasteiger partial charge on any atom is 0.365 e. The lowest BCUT2D eigenvalue weighted by atomic mass is 10.4. The molecular weight excluding hydrogens is 230 g/mol. The minimum absolute atomic E-state index is 0.0306. The lowest BCUT2D eigenvalue weighted by Gasteiger charge is -2.01. The molecule has 0 spiro atoms. The number of carboxylic acid groups (broad SMARTS) is 1. The number of carboxylic acids is 1. The van der Waals surface area contributed by atoms with Gasteiger partial charge in [0, 0.05) is 31.9 Å². The first-order valence-corrected chi connectivity index (χ1v) is 5.60. The molecule has 0 aliphatic rings. The molecule has 0 aromatic carbocycles. The van der Waals surface area contributed by atoms with E-state index in [0.717, 1.165) is 11.3 Å². The van der Waals surface area contributed by atoms with Crippen molar-refractivity contribution in [1.82, 2.24) is 15.6 Å². The predicted molar refractivity (Wildman–Crippen MR) is 59.5 cm³/mol. The van der Waals surface area contributed by atoms with Gasteiger partial charge in [0.25, 0.3) is 0 Å². The van der Waals surface area contributed by atoms with Crippen LogP contribution < -0.4 is 10.6 Å². The number of nitrogens with zero attached hydrogens (tertiary/aromatic N) is 1. The Morgan fingerprint density at radius 1 is 1.56 bits per heavy atom. The Kier molecular flexibility index (Phi) is 4.87. The minimum Gasteiger partial charge on any atom is -0.476 e. The summed E-state index contributed by atoms with van der Waals surface area (Å²) in [5.41, 5.74) is 0.680. The van der Waals surface area contributed by atoms with Gasteiger partial charge in [-0.15, -0.1) is 11.3 Å². The quantitative estimate of drug-likeness (QED) is 0.615. The van der Waals surface area contributed by atoms with Crippen molar-refractivity contribution in [3.05, 3.63) is 16.1 Å². The number of amides is 1. The average Bonchev–Trinajstić information content (AvgIpc) is 2.72. The molecular formula is C9H13N3O3S. The van der Waals surface area contributed by atoms with Crippen LogP contribution in [-0.2, 0) is 11.3 Å². The molecule has 0 aliphatic heterocycles. The van der Waals surface area contributed by atoms with E-state index < -0.39 is 5.97 Å². The molecule has 3 N–H and O–H groups in total. The van der Waals surface area contributed by atoms with Crippen molar-refractivity contribution < 1.29 is 14.7 Å². The van der Waals surface area contributed by atoms with E-state index in [9.17, 15) is 9.59 Å². The van der Waals surface area contributed by atoms with Crippen molar-refractivity contribution in [1.29, 1.82) is 0 Å². The summed E-state index contributed by atoms with van der Waals surface area (Å²) in [6, 6.07) is 0. The largest absolute Gasteiger partial charge is 0.476 e. The Morgan fingerprint density at radius 2 is 2.31 bits per heavy atom. The summed E-state index contributed by atoms with van der Waals surface area (Å²) in [4.78, 5) is 25.3. The highest BCUT2D eigenvalue weighted by Gasteiger charge is 2.08. The maximum atomic E-state index is 10.9. The van der Waals surface area contributed by atoms with Gasteiger partial charge in [0.2, 0.25) is 10.9 Å². The van der Waals surface area contributed by atoms with E-state index >= 15 is 0 Å². The zero-order valence-corrected chi connectivity index (χ0v) is 9.63. The monoisotopic (exact) mass is 243 g/mol. The molecule has 1 aromatic heterocycles. The fourth-order valence-electron chi connectivity index (χ4n) is 1.03. The SMILES string of the molecule is CNC(=O)CCNCc1csc(C(=O)O)n1. The van der Waals surface area contributed by atoms with E-state index in [0.29, 0.717) is 25.2 Å². The van der Waals surface area contributed by atoms with Crippen LogP contribution in [-0.4, -0.2) is 35.6 Å². The molecule has 0 fully saturated rings. The van der Waals surface area contributed by atoms with Gasteiger partial charge < -0.3 is 15.7 Å². The van der Waals surface area contributed by atoms with Crippen molar-refractivity contribution in [3.8, 4) is 0 Å². The number of nitrogens with one attached hydrogen (secondary N) is 2. The Morgan fingerprint density at radius 3 is 2.88 bits per heavy atom. The van der Waals surface area contributed by atoms with Crippen LogP contribution in [0, 0.1) is 0 Å². The molecule has 0 bridgehead atoms. The van der Waals surface area contributed by atoms with Crippen molar-refractivity contribution in [2.24, 2.45) is 0 Å². The molecule has 0 saturated carbocycles. The summed E-state index contributed by atoms with van der Waals surface area (Å²) in [7, 11) is 1.59. The highest BCUT2D eigenvalue weighted by Crippen LogP contribution is 2.08. The summed E-state index contributed by atoms with van der Waals surface area (Å²) >= 11 is 1.10. The van der Waals surface area contributed by atoms with E-state index in [1.807, 2.05) is 0 Å². The fourth-order valence-corrected chi connectivity index (χ4v) is 1.68. The summed E-state index contributed by atoms with van der Waals surface area (Å²) in [5, 5.41) is 15.9. The van der Waals surface area contributed by atoms with Gasteiger partial charge in [-0.3, -0.25) is 4.79 Å². The van der Waals surface area contributed by atoms with E-state index in [1.165, 1.54) is 0 Å². The Bertz CT molecular complexity index is 378. The summed E-state index contributed by atoms with van der Waals surface area (Å²) in [6.45, 7) is 1.01. The summed E-state index contributed by atoms with van der Waals surface area (Å²) in [6.07, 6.45) is 0.395. The molecule has 1 aromatic rings. The van der Waals surface area contributed by atoms with Gasteiger partial charge in [-0.1, -0.05) is 0 Å². The van der Waals surface area contributed by atoms with Crippen molar-refractivity contribution in [2.75, 3.05) is 13.6 Å². The molecule has 1 heterocycles. The third kappa shape index (κ3) is 3.95. The normalized spacial score (nSPS) is 10.1. The smallest absolute Gasteiger partial charge is 0.365 e. The highest BCUT2D eigenvalue weighted by molar-refractivity contribution is 7.11. The highest BCUT2D eigenvalue weighted by atomic mass is 32.1. The third-order valence-electron chi connectivity index (χ3n) is 1.85. The van der Waals surface area contributed by atoms with Crippen LogP contribution in [0.25, 0.3) is 0 Å². The number of aromatic nitrogens is 1. The third-order valence-corrected chi connectivity index (χ3v) is 2.73. The number of hydrogen-bond donors (Lipinski definition) is 3. The minimum atomic E-state index is -1.01. The number of carbonyl (C=O) groups excluding carboxylic acids is 1. The van der Waals surface area contributed by atoms with Crippen LogP contribution in [0.2, 0.25) is 0 Å². The summed E-state index contributed by atoms with van der Waals surface area (Å²) in [5.74, 6) is -1.04. The molecule has 6 nitrogen and oxygen atoms in total. The van der Waals surface area contributed by atoms with E-state index in [1.54, 1.807) is 12.4 Å². The zero-order chi connectivity index (χ0) is 12.0. The first kappa shape index (κ1) is 12.6. The number of thiazole rings is 1. The first-order valence-electron chi connectivity index (χ1n) is 4.72. The molecule has 16 heavy (non-hydrogen) atoms. The van der Waals surface area contributed by atoms with Gasteiger partial charge in [-0.05, 0) is 0 Å². The fraction of sp³-hybridized carbons (Fsp3) is 0.444. The lowest BCUT2D eigenvalue weighted by molar-refractivity contribution is -0.120. The van der Waals surface area contributed by atoms with Crippen LogP contribution >= 0.6 is 11.3 Å². The topological polar surface area (TPSA) is 91.3 Å². The van der Waals surface area contributed by atoms with E-state index in [2.05, 4.69) is 15.6 Å². The first-order chi connectivity index (χ1) is 7.63. The molecule has 7 heteroatoms. The Labute approximate surface area is 96.7 Å². The molecule has 0 aliphatic carbocycles. The molecule has 0 radical (unpaired) electrons. The second-order valence-corrected chi connectivity index (χ2v) is 3.91. The standard InChI is InChI=1S/C9H13N3O3S/c1-10-7(13)2-3-11-4-6-5-16-8(12-6)9(14)15/h5,11H,2-4H2,1H3,(H,10,13)(H,14,15). The zero-order valence-electron chi connectivity index (χ0n) is 8.82. The predicted octanol–water partition coefficient (Wildman–Crippen LogP) is 0.0670. The maximum absolute atomic E-state index is 10.9. The van der Waals surface area contributed by atoms with Gasteiger partial charge >= 0.3 is 5.97 Å². The summed E-state index contributed by atoms with van der Waals surface area (Å²) < 4.78 is 0. The van der Waals surface area contributed by atoms with Gasteiger partial charge in [0.15, 0.2) is 0 Å². The molecule has 0 saturated heterocycles. The van der Waals surface area contributed by atoms with Crippen LogP contribution in [0.3, 0.4) is 0 Å². The van der Waals surface area contributed by atoms with Crippen molar-refractivity contribution in [3.63, 3.8) is 0 Å². The van der Waals surface area contributed by atoms with Crippen LogP contribution in [0.4, 0.5) is 0 Å². The van der Waals surface area contributed by atoms with Gasteiger partial charge in [-0.2, -0.15) is 0 Å². The van der Waals surface area contributed by atoms with Crippen LogP contribution in [0.1, 0.15) is 21.9 Å². The Hall–Kier alpha value is -1.47. The number of hydrogen-bond acceptors (Lipinski definition) is 5. The molecule has 1 rings (SSSR count). The van der Waals surface area contributed by atoms with Crippen LogP contribution in [0.15, 0.2) is 5.38 Å². The van der Waals surface area contributed by atoms with Gasteiger partial charge in [-0.25, -0.2) is 9.78 Å². The Balaban J connectivity index is 2.27. The number of aromatic carboxylic acids is 1. The lowest BCUT2D eigenvalue weighted by Crippen LogP contribution is -2.24. The van der Waals surface area contributed by atoms with E-state index in [4.69, 9.17) is 5.11 Å². The van der Waals surface area contributed by atoms with E-state index in [-0.39, 0.29) is 10.9 Å². The van der Waals surface area contributed by atoms with Crippen molar-refractivity contribution in [2.45, 2.75) is 13.0 Å². The second-order valence-electron chi connectivity index (χ2n) is 3.05. The molecule has 88 valence electrons. The number of carbonyl (C=O) groups is 2. The average molecular weight is 243 g/mol. The van der Waals surface area contributed by atoms with Gasteiger partial charge in [0.05, 0.1) is 5.69 Å². The second kappa shape index (κ2) is 6.19. The molecule has 0 unspecified atom stereocenters. The van der Waals surface area contributed by atoms with Crippen LogP contribution in [0.5, 0.6) is 0 Å². The number of rotatable bonds is 6. The molecule has 1 amide bonds. The van der Waals surface area contributed by atoms with Crippen molar-refractivity contribution >= 4 is 23.2 Å².